The van der Waals surface area contributed by atoms with Gasteiger partial charge in [0.2, 0.25) is 5.76 Å². The van der Waals surface area contributed by atoms with E-state index in [9.17, 15) is 18.0 Å². The van der Waals surface area contributed by atoms with Gasteiger partial charge in [-0.25, -0.2) is 4.85 Å². The van der Waals surface area contributed by atoms with Gasteiger partial charge in [0.25, 0.3) is 0 Å². The van der Waals surface area contributed by atoms with Crippen LogP contribution in [0.1, 0.15) is 39.2 Å². The van der Waals surface area contributed by atoms with Crippen LogP contribution >= 0.6 is 0 Å². The van der Waals surface area contributed by atoms with Crippen LogP contribution < -0.4 is 0 Å². The summed E-state index contributed by atoms with van der Waals surface area (Å²) < 4.78 is 43.1. The quantitative estimate of drug-likeness (QED) is 0.107. The number of nitrogens with zero attached hydrogens (tertiary/aromatic N) is 3. The van der Waals surface area contributed by atoms with E-state index in [1.807, 2.05) is 31.3 Å². The van der Waals surface area contributed by atoms with Gasteiger partial charge in [0.15, 0.2) is 11.5 Å². The summed E-state index contributed by atoms with van der Waals surface area (Å²) in [5.74, 6) is -1.82. The van der Waals surface area contributed by atoms with Crippen LogP contribution in [0, 0.1) is 18.6 Å². The maximum absolute atomic E-state index is 11.6. The van der Waals surface area contributed by atoms with Crippen LogP contribution in [-0.2, 0) is 31.9 Å². The predicted molar refractivity (Wildman–Crippen MR) is 175 cm³/mol. The molecular formula is C37H31F3IrN3O3-. The van der Waals surface area contributed by atoms with Gasteiger partial charge in [0.05, 0.1) is 29.0 Å². The summed E-state index contributed by atoms with van der Waals surface area (Å²) in [6, 6.07) is 28.0. The largest absolute Gasteiger partial charge is 0.504 e. The summed E-state index contributed by atoms with van der Waals surface area (Å²) in [6.07, 6.45) is -4.63. The number of alkyl halides is 3. The first-order valence-corrected chi connectivity index (χ1v) is 14.6. The Morgan fingerprint density at radius 2 is 1.68 bits per heavy atom. The molecule has 6 rings (SSSR count). The van der Waals surface area contributed by atoms with Crippen molar-refractivity contribution in [1.29, 1.82) is 0 Å². The zero-order chi connectivity index (χ0) is 33.3. The summed E-state index contributed by atoms with van der Waals surface area (Å²) in [4.78, 5) is 19.2. The van der Waals surface area contributed by atoms with E-state index in [-0.39, 0.29) is 26.2 Å². The SMILES string of the molecule is CC(C)C(=O)/C=C(\O)C(F)(F)F.[C-]#[N+]c1ccc2c(c1)oc1c(-c3nc4cc(-c5ccc(C(C)C)cc5)ccc4n3C)[c-]ccc12.[Ir]. The van der Waals surface area contributed by atoms with E-state index in [1.165, 1.54) is 25.0 Å². The second kappa shape index (κ2) is 14.0. The number of hydrogen-bond acceptors (Lipinski definition) is 4. The number of hydrogen-bond donors (Lipinski definition) is 1. The number of aryl methyl sites for hydroxylation is 1. The maximum Gasteiger partial charge on any atom is 0.448 e. The Kier molecular flexibility index (Phi) is 10.4. The molecule has 1 radical (unpaired) electrons. The van der Waals surface area contributed by atoms with Gasteiger partial charge in [0.1, 0.15) is 5.58 Å². The minimum Gasteiger partial charge on any atom is -0.504 e. The summed E-state index contributed by atoms with van der Waals surface area (Å²) in [5.41, 5.74) is 8.47. The topological polar surface area (TPSA) is 72.6 Å². The molecule has 6 nitrogen and oxygen atoms in total. The molecule has 0 unspecified atom stereocenters. The number of aromatic nitrogens is 2. The fourth-order valence-electron chi connectivity index (χ4n) is 5.01. The Bertz CT molecular complexity index is 2150. The number of aliphatic hydroxyl groups excluding tert-OH is 1. The third kappa shape index (κ3) is 7.32. The molecule has 0 spiro atoms. The Morgan fingerprint density at radius 1 is 1.00 bits per heavy atom. The van der Waals surface area contributed by atoms with Gasteiger partial charge in [-0.15, -0.1) is 18.2 Å². The number of carbonyl (C=O) groups excluding carboxylic acids is 1. The van der Waals surface area contributed by atoms with Crippen LogP contribution in [0.4, 0.5) is 18.9 Å². The number of benzene rings is 4. The van der Waals surface area contributed by atoms with Gasteiger partial charge in [-0.05, 0) is 40.8 Å². The summed E-state index contributed by atoms with van der Waals surface area (Å²) in [7, 11) is 2.02. The van der Waals surface area contributed by atoms with E-state index in [2.05, 4.69) is 71.8 Å². The number of fused-ring (bicyclic) bond motifs is 4. The third-order valence-corrected chi connectivity index (χ3v) is 7.70. The minimum absolute atomic E-state index is 0. The van der Waals surface area contributed by atoms with Crippen LogP contribution in [0.25, 0.3) is 60.3 Å². The van der Waals surface area contributed by atoms with Crippen molar-refractivity contribution in [2.24, 2.45) is 13.0 Å². The Balaban J connectivity index is 0.000000331. The van der Waals surface area contributed by atoms with E-state index in [0.717, 1.165) is 44.3 Å². The second-order valence-corrected chi connectivity index (χ2v) is 11.5. The van der Waals surface area contributed by atoms with Crippen LogP contribution in [0.15, 0.2) is 89.0 Å². The summed E-state index contributed by atoms with van der Waals surface area (Å²) in [5, 5.41) is 10.3. The van der Waals surface area contributed by atoms with Crippen molar-refractivity contribution >= 4 is 44.4 Å². The van der Waals surface area contributed by atoms with Gasteiger partial charge in [-0.2, -0.15) is 13.2 Å². The van der Waals surface area contributed by atoms with Crippen LogP contribution in [-0.4, -0.2) is 26.6 Å². The monoisotopic (exact) mass is 815 g/mol. The Labute approximate surface area is 283 Å². The molecule has 0 aliphatic heterocycles. The van der Waals surface area contributed by atoms with Crippen molar-refractivity contribution in [3.8, 4) is 22.5 Å². The van der Waals surface area contributed by atoms with Crippen molar-refractivity contribution in [2.45, 2.75) is 39.8 Å². The molecule has 0 saturated heterocycles. The van der Waals surface area contributed by atoms with Gasteiger partial charge < -0.3 is 14.1 Å². The van der Waals surface area contributed by atoms with E-state index >= 15 is 0 Å². The van der Waals surface area contributed by atoms with Crippen molar-refractivity contribution in [2.75, 3.05) is 0 Å². The summed E-state index contributed by atoms with van der Waals surface area (Å²) >= 11 is 0. The number of halogens is 3. The van der Waals surface area contributed by atoms with Crippen molar-refractivity contribution in [3.05, 3.63) is 108 Å². The van der Waals surface area contributed by atoms with Crippen molar-refractivity contribution in [1.82, 2.24) is 9.55 Å². The molecule has 2 heterocycles. The Morgan fingerprint density at radius 3 is 2.30 bits per heavy atom. The molecular weight excluding hydrogens is 784 g/mol. The van der Waals surface area contributed by atoms with Crippen molar-refractivity contribution in [3.63, 3.8) is 0 Å². The number of furan rings is 1. The van der Waals surface area contributed by atoms with E-state index in [4.69, 9.17) is 21.1 Å². The number of ketones is 1. The predicted octanol–water partition coefficient (Wildman–Crippen LogP) is 10.5. The van der Waals surface area contributed by atoms with E-state index in [0.29, 0.717) is 17.2 Å². The molecule has 47 heavy (non-hydrogen) atoms. The molecule has 2 aromatic heterocycles. The molecule has 0 aliphatic rings. The third-order valence-electron chi connectivity index (χ3n) is 7.70. The maximum atomic E-state index is 11.6. The van der Waals surface area contributed by atoms with Gasteiger partial charge in [-0.3, -0.25) is 9.78 Å². The average molecular weight is 815 g/mol. The fraction of sp³-hybridized carbons (Fsp3) is 0.216. The molecule has 243 valence electrons. The van der Waals surface area contributed by atoms with Crippen LogP contribution in [0.5, 0.6) is 0 Å². The molecule has 6 aromatic rings. The van der Waals surface area contributed by atoms with Crippen LogP contribution in [0.2, 0.25) is 0 Å². The fourth-order valence-corrected chi connectivity index (χ4v) is 5.01. The van der Waals surface area contributed by atoms with E-state index in [1.54, 1.807) is 6.07 Å². The van der Waals surface area contributed by atoms with Gasteiger partial charge >= 0.3 is 6.18 Å². The van der Waals surface area contributed by atoms with E-state index < -0.39 is 23.6 Å². The van der Waals surface area contributed by atoms with Crippen molar-refractivity contribution < 1.29 is 47.6 Å². The molecule has 4 aromatic carbocycles. The molecule has 0 atom stereocenters. The first kappa shape index (κ1) is 35.1. The molecule has 1 N–H and O–H groups in total. The smallest absolute Gasteiger partial charge is 0.448 e. The molecule has 10 heteroatoms. The second-order valence-electron chi connectivity index (χ2n) is 11.5. The zero-order valence-corrected chi connectivity index (χ0v) is 28.6. The summed E-state index contributed by atoms with van der Waals surface area (Å²) in [6.45, 7) is 14.6. The van der Waals surface area contributed by atoms with Gasteiger partial charge in [-0.1, -0.05) is 81.1 Å². The molecule has 0 saturated carbocycles. The number of rotatable bonds is 5. The number of imidazole rings is 1. The first-order valence-electron chi connectivity index (χ1n) is 14.6. The number of aliphatic hydroxyl groups is 1. The first-order chi connectivity index (χ1) is 21.8. The van der Waals surface area contributed by atoms with Gasteiger partial charge in [0, 0.05) is 44.5 Å². The molecule has 0 aliphatic carbocycles. The standard InChI is InChI=1S/C30H22N3O.C7H9F3O2.Ir/c1-18(2)19-8-10-20(11-9-19)21-12-15-27-26(16-21)32-30(33(27)4)25-7-5-6-24-23-14-13-22(31-3)17-28(23)34-29(24)25;1-4(2)5(11)3-6(12)7(8,9)10;/h5-6,8-18H,1-2,4H3;3-4,12H,1-2H3;/q-1;;/b;6-3-;. The minimum atomic E-state index is -4.83. The molecule has 0 bridgehead atoms. The Hall–Kier alpha value is -4.71. The molecule has 0 fully saturated rings. The van der Waals surface area contributed by atoms with Crippen LogP contribution in [0.3, 0.4) is 0 Å². The average Bonchev–Trinajstić information content (AvgIpc) is 3.57. The normalized spacial score (nSPS) is 11.9. The molecule has 0 amide bonds. The number of carbonyl (C=O) groups is 1. The zero-order valence-electron chi connectivity index (χ0n) is 26.2. The number of allylic oxidation sites excluding steroid dienone is 2.